The standard InChI is InChI=1S/C11H10F4O3/c1-6-2-3-7(12)8(4-6)18-9(5-10(16)17)11(13,14)15/h2-4,9H,5H2,1H3,(H,16,17). The molecule has 3 nitrogen and oxygen atoms in total. The fourth-order valence-electron chi connectivity index (χ4n) is 1.24. The first-order valence-electron chi connectivity index (χ1n) is 4.91. The highest BCUT2D eigenvalue weighted by Gasteiger charge is 2.43. The molecular formula is C11H10F4O3. The van der Waals surface area contributed by atoms with Crippen LogP contribution in [0.15, 0.2) is 18.2 Å². The second-order valence-corrected chi connectivity index (χ2v) is 3.68. The summed E-state index contributed by atoms with van der Waals surface area (Å²) in [6, 6.07) is 3.40. The van der Waals surface area contributed by atoms with Crippen molar-refractivity contribution < 1.29 is 32.2 Å². The van der Waals surface area contributed by atoms with E-state index in [-0.39, 0.29) is 0 Å². The number of hydrogen-bond donors (Lipinski definition) is 1. The number of carboxylic acids is 1. The van der Waals surface area contributed by atoms with Gasteiger partial charge in [0.15, 0.2) is 11.6 Å². The Labute approximate surface area is 100.0 Å². The first-order valence-corrected chi connectivity index (χ1v) is 4.91. The van der Waals surface area contributed by atoms with E-state index in [1.165, 1.54) is 6.07 Å². The zero-order valence-electron chi connectivity index (χ0n) is 9.29. The molecule has 1 aromatic carbocycles. The van der Waals surface area contributed by atoms with Gasteiger partial charge in [0.25, 0.3) is 0 Å². The zero-order chi connectivity index (χ0) is 13.9. The molecule has 18 heavy (non-hydrogen) atoms. The maximum Gasteiger partial charge on any atom is 0.426 e. The summed E-state index contributed by atoms with van der Waals surface area (Å²) >= 11 is 0. The van der Waals surface area contributed by atoms with Gasteiger partial charge in [0, 0.05) is 0 Å². The minimum absolute atomic E-state index is 0.502. The third kappa shape index (κ3) is 3.90. The lowest BCUT2D eigenvalue weighted by Crippen LogP contribution is -2.36. The molecule has 0 fully saturated rings. The van der Waals surface area contributed by atoms with E-state index in [0.717, 1.165) is 12.1 Å². The molecule has 1 aromatic rings. The highest BCUT2D eigenvalue weighted by atomic mass is 19.4. The van der Waals surface area contributed by atoms with Crippen molar-refractivity contribution in [1.82, 2.24) is 0 Å². The summed E-state index contributed by atoms with van der Waals surface area (Å²) in [5.41, 5.74) is 0.502. The SMILES string of the molecule is Cc1ccc(F)c(OC(CC(=O)O)C(F)(F)F)c1. The van der Waals surface area contributed by atoms with Crippen molar-refractivity contribution in [2.24, 2.45) is 0 Å². The molecular weight excluding hydrogens is 256 g/mol. The van der Waals surface area contributed by atoms with Crippen molar-refractivity contribution >= 4 is 5.97 Å². The minimum Gasteiger partial charge on any atom is -0.481 e. The van der Waals surface area contributed by atoms with Crippen LogP contribution in [0.2, 0.25) is 0 Å². The first-order chi connectivity index (χ1) is 8.20. The number of rotatable bonds is 4. The van der Waals surface area contributed by atoms with Crippen molar-refractivity contribution in [1.29, 1.82) is 0 Å². The Morgan fingerprint density at radius 2 is 2.06 bits per heavy atom. The summed E-state index contributed by atoms with van der Waals surface area (Å²) in [6.07, 6.45) is -8.74. The summed E-state index contributed by atoms with van der Waals surface area (Å²) in [6.45, 7) is 1.55. The second-order valence-electron chi connectivity index (χ2n) is 3.68. The molecule has 0 aliphatic rings. The lowest BCUT2D eigenvalue weighted by molar-refractivity contribution is -0.201. The molecule has 1 unspecified atom stereocenters. The quantitative estimate of drug-likeness (QED) is 0.852. The predicted molar refractivity (Wildman–Crippen MR) is 53.9 cm³/mol. The summed E-state index contributed by atoms with van der Waals surface area (Å²) in [4.78, 5) is 10.3. The Bertz CT molecular complexity index is 442. The average molecular weight is 266 g/mol. The van der Waals surface area contributed by atoms with Gasteiger partial charge in [-0.3, -0.25) is 4.79 Å². The Kier molecular flexibility index (Phi) is 4.15. The molecule has 0 radical (unpaired) electrons. The Morgan fingerprint density at radius 3 is 2.56 bits per heavy atom. The van der Waals surface area contributed by atoms with Crippen LogP contribution < -0.4 is 4.74 Å². The van der Waals surface area contributed by atoms with Crippen LogP contribution in [0.3, 0.4) is 0 Å². The number of aliphatic carboxylic acids is 1. The fraction of sp³-hybridized carbons (Fsp3) is 0.364. The van der Waals surface area contributed by atoms with Gasteiger partial charge in [0.05, 0.1) is 6.42 Å². The maximum absolute atomic E-state index is 13.2. The summed E-state index contributed by atoms with van der Waals surface area (Å²) in [5, 5.41) is 8.38. The number of ether oxygens (including phenoxy) is 1. The third-order valence-electron chi connectivity index (χ3n) is 2.08. The van der Waals surface area contributed by atoms with Crippen LogP contribution in [0.1, 0.15) is 12.0 Å². The third-order valence-corrected chi connectivity index (χ3v) is 2.08. The largest absolute Gasteiger partial charge is 0.481 e. The van der Waals surface area contributed by atoms with Gasteiger partial charge in [0.2, 0.25) is 6.10 Å². The Balaban J connectivity index is 2.96. The van der Waals surface area contributed by atoms with Crippen molar-refractivity contribution in [2.45, 2.75) is 25.6 Å². The molecule has 0 aliphatic carbocycles. The minimum atomic E-state index is -4.88. The van der Waals surface area contributed by atoms with Gasteiger partial charge >= 0.3 is 12.1 Å². The fourth-order valence-corrected chi connectivity index (χ4v) is 1.24. The molecule has 0 spiro atoms. The Hall–Kier alpha value is -1.79. The molecule has 1 rings (SSSR count). The highest BCUT2D eigenvalue weighted by Crippen LogP contribution is 2.29. The molecule has 0 amide bonds. The number of benzene rings is 1. The van der Waals surface area contributed by atoms with Gasteiger partial charge in [-0.25, -0.2) is 4.39 Å². The molecule has 0 aromatic heterocycles. The average Bonchev–Trinajstić information content (AvgIpc) is 2.20. The van der Waals surface area contributed by atoms with E-state index in [2.05, 4.69) is 4.74 Å². The molecule has 1 N–H and O–H groups in total. The van der Waals surface area contributed by atoms with E-state index in [9.17, 15) is 22.4 Å². The normalized spacial score (nSPS) is 13.2. The molecule has 0 saturated carbocycles. The van der Waals surface area contributed by atoms with Gasteiger partial charge in [-0.05, 0) is 24.6 Å². The number of aryl methyl sites for hydroxylation is 1. The Morgan fingerprint density at radius 1 is 1.44 bits per heavy atom. The van der Waals surface area contributed by atoms with Crippen molar-refractivity contribution in [2.75, 3.05) is 0 Å². The lowest BCUT2D eigenvalue weighted by atomic mass is 10.2. The van der Waals surface area contributed by atoms with Gasteiger partial charge < -0.3 is 9.84 Å². The van der Waals surface area contributed by atoms with Crippen LogP contribution in [0.25, 0.3) is 0 Å². The summed E-state index contributed by atoms with van der Waals surface area (Å²) in [7, 11) is 0. The van der Waals surface area contributed by atoms with Gasteiger partial charge in [-0.1, -0.05) is 6.07 Å². The van der Waals surface area contributed by atoms with Crippen molar-refractivity contribution in [3.63, 3.8) is 0 Å². The molecule has 0 bridgehead atoms. The number of halogens is 4. The smallest absolute Gasteiger partial charge is 0.426 e. The predicted octanol–water partition coefficient (Wildman–Crippen LogP) is 2.92. The molecule has 0 saturated heterocycles. The molecule has 7 heteroatoms. The van der Waals surface area contributed by atoms with E-state index in [1.54, 1.807) is 6.92 Å². The van der Waals surface area contributed by atoms with E-state index in [0.29, 0.717) is 5.56 Å². The number of alkyl halides is 3. The maximum atomic E-state index is 13.2. The first kappa shape index (κ1) is 14.3. The van der Waals surface area contributed by atoms with Gasteiger partial charge in [-0.15, -0.1) is 0 Å². The molecule has 100 valence electrons. The van der Waals surface area contributed by atoms with Crippen LogP contribution in [-0.2, 0) is 4.79 Å². The lowest BCUT2D eigenvalue weighted by Gasteiger charge is -2.20. The summed E-state index contributed by atoms with van der Waals surface area (Å²) in [5.74, 6) is -3.26. The van der Waals surface area contributed by atoms with Gasteiger partial charge in [0.1, 0.15) is 0 Å². The van der Waals surface area contributed by atoms with E-state index in [1.807, 2.05) is 0 Å². The number of carbonyl (C=O) groups is 1. The highest BCUT2D eigenvalue weighted by molar-refractivity contribution is 5.67. The molecule has 0 heterocycles. The van der Waals surface area contributed by atoms with Crippen molar-refractivity contribution in [3.05, 3.63) is 29.6 Å². The zero-order valence-corrected chi connectivity index (χ0v) is 9.29. The van der Waals surface area contributed by atoms with E-state index < -0.39 is 36.2 Å². The van der Waals surface area contributed by atoms with Gasteiger partial charge in [-0.2, -0.15) is 13.2 Å². The van der Waals surface area contributed by atoms with Crippen LogP contribution in [-0.4, -0.2) is 23.4 Å². The van der Waals surface area contributed by atoms with Crippen LogP contribution in [0.4, 0.5) is 17.6 Å². The number of carboxylic acid groups (broad SMARTS) is 1. The number of hydrogen-bond acceptors (Lipinski definition) is 2. The molecule has 0 aliphatic heterocycles. The second kappa shape index (κ2) is 5.24. The van der Waals surface area contributed by atoms with Crippen LogP contribution in [0.5, 0.6) is 5.75 Å². The van der Waals surface area contributed by atoms with E-state index >= 15 is 0 Å². The van der Waals surface area contributed by atoms with Crippen LogP contribution in [0, 0.1) is 12.7 Å². The molecule has 1 atom stereocenters. The topological polar surface area (TPSA) is 46.5 Å². The van der Waals surface area contributed by atoms with Crippen LogP contribution >= 0.6 is 0 Å². The summed E-state index contributed by atoms with van der Waals surface area (Å²) < 4.78 is 55.1. The monoisotopic (exact) mass is 266 g/mol. The van der Waals surface area contributed by atoms with E-state index in [4.69, 9.17) is 5.11 Å². The van der Waals surface area contributed by atoms with Crippen molar-refractivity contribution in [3.8, 4) is 5.75 Å².